The van der Waals surface area contributed by atoms with Crippen LogP contribution in [0.5, 0.6) is 5.75 Å². The molecule has 0 spiro atoms. The van der Waals surface area contributed by atoms with Crippen LogP contribution in [0.25, 0.3) is 27.5 Å². The first-order valence-corrected chi connectivity index (χ1v) is 7.29. The van der Waals surface area contributed by atoms with Crippen LogP contribution in [0, 0.1) is 0 Å². The molecule has 0 amide bonds. The van der Waals surface area contributed by atoms with Gasteiger partial charge in [0.2, 0.25) is 0 Å². The zero-order valence-electron chi connectivity index (χ0n) is 12.2. The number of phenols is 1. The molecule has 0 aliphatic rings. The molecule has 1 heterocycles. The summed E-state index contributed by atoms with van der Waals surface area (Å²) < 4.78 is 1.84. The number of fused-ring (bicyclic) bond motifs is 2. The number of para-hydroxylation sites is 4. The maximum Gasteiger partial charge on any atom is 0.197 e. The first-order chi connectivity index (χ1) is 11.2. The van der Waals surface area contributed by atoms with E-state index < -0.39 is 0 Å². The minimum atomic E-state index is -0.0606. The molecule has 0 fully saturated rings. The Morgan fingerprint density at radius 1 is 0.826 bits per heavy atom. The number of nitrogen functional groups attached to an aromatic ring is 1. The third-order valence-electron chi connectivity index (χ3n) is 4.05. The number of rotatable bonds is 1. The van der Waals surface area contributed by atoms with Crippen LogP contribution in [-0.2, 0) is 0 Å². The smallest absolute Gasteiger partial charge is 0.197 e. The summed E-state index contributed by atoms with van der Waals surface area (Å²) in [5.41, 5.74) is 8.51. The highest BCUT2D eigenvalue weighted by atomic mass is 16.3. The SMILES string of the molecule is Nc1cccc2c(=O)c3ccccc3n(-c3ccccc3O)c12. The summed E-state index contributed by atoms with van der Waals surface area (Å²) in [6, 6.07) is 19.6. The van der Waals surface area contributed by atoms with E-state index in [2.05, 4.69) is 0 Å². The van der Waals surface area contributed by atoms with Crippen molar-refractivity contribution in [2.24, 2.45) is 0 Å². The Bertz CT molecular complexity index is 1110. The number of anilines is 1. The van der Waals surface area contributed by atoms with Crippen LogP contribution in [0.3, 0.4) is 0 Å². The first kappa shape index (κ1) is 13.4. The van der Waals surface area contributed by atoms with E-state index >= 15 is 0 Å². The van der Waals surface area contributed by atoms with Gasteiger partial charge >= 0.3 is 0 Å². The zero-order chi connectivity index (χ0) is 16.0. The molecule has 1 aromatic heterocycles. The molecule has 4 rings (SSSR count). The predicted octanol–water partition coefficient (Wildman–Crippen LogP) is 3.43. The quantitative estimate of drug-likeness (QED) is 0.418. The van der Waals surface area contributed by atoms with Crippen molar-refractivity contribution in [3.63, 3.8) is 0 Å². The van der Waals surface area contributed by atoms with Gasteiger partial charge in [0.1, 0.15) is 5.75 Å². The maximum absolute atomic E-state index is 12.8. The van der Waals surface area contributed by atoms with Crippen LogP contribution in [0.2, 0.25) is 0 Å². The van der Waals surface area contributed by atoms with Gasteiger partial charge in [-0.15, -0.1) is 0 Å². The Kier molecular flexibility index (Phi) is 2.84. The van der Waals surface area contributed by atoms with Crippen LogP contribution in [0.1, 0.15) is 0 Å². The molecule has 4 heteroatoms. The van der Waals surface area contributed by atoms with E-state index in [9.17, 15) is 9.90 Å². The van der Waals surface area contributed by atoms with Crippen molar-refractivity contribution in [1.82, 2.24) is 4.57 Å². The molecule has 112 valence electrons. The van der Waals surface area contributed by atoms with Crippen molar-refractivity contribution >= 4 is 27.5 Å². The highest BCUT2D eigenvalue weighted by Gasteiger charge is 2.15. The topological polar surface area (TPSA) is 68.2 Å². The number of hydrogen-bond acceptors (Lipinski definition) is 3. The second-order valence-corrected chi connectivity index (χ2v) is 5.41. The average molecular weight is 302 g/mol. The number of aromatic hydroxyl groups is 1. The molecular weight excluding hydrogens is 288 g/mol. The lowest BCUT2D eigenvalue weighted by molar-refractivity contribution is 0.473. The maximum atomic E-state index is 12.8. The summed E-state index contributed by atoms with van der Waals surface area (Å²) in [6.45, 7) is 0. The lowest BCUT2D eigenvalue weighted by Gasteiger charge is -2.17. The van der Waals surface area contributed by atoms with Crippen molar-refractivity contribution < 1.29 is 5.11 Å². The molecule has 4 aromatic rings. The van der Waals surface area contributed by atoms with E-state index in [4.69, 9.17) is 5.73 Å². The minimum Gasteiger partial charge on any atom is -0.506 e. The van der Waals surface area contributed by atoms with Crippen LogP contribution < -0.4 is 11.2 Å². The minimum absolute atomic E-state index is 0.0606. The summed E-state index contributed by atoms with van der Waals surface area (Å²) in [5.74, 6) is 0.130. The summed E-state index contributed by atoms with van der Waals surface area (Å²) in [5, 5.41) is 11.4. The van der Waals surface area contributed by atoms with Gasteiger partial charge in [-0.25, -0.2) is 0 Å². The Morgan fingerprint density at radius 2 is 1.52 bits per heavy atom. The largest absolute Gasteiger partial charge is 0.506 e. The fourth-order valence-corrected chi connectivity index (χ4v) is 3.02. The van der Waals surface area contributed by atoms with E-state index in [1.165, 1.54) is 0 Å². The Hall–Kier alpha value is -3.27. The lowest BCUT2D eigenvalue weighted by atomic mass is 10.1. The molecule has 0 aliphatic carbocycles. The van der Waals surface area contributed by atoms with Gasteiger partial charge in [-0.2, -0.15) is 0 Å². The summed E-state index contributed by atoms with van der Waals surface area (Å²) in [4.78, 5) is 12.8. The van der Waals surface area contributed by atoms with Gasteiger partial charge < -0.3 is 15.4 Å². The molecule has 0 saturated heterocycles. The molecule has 0 radical (unpaired) electrons. The monoisotopic (exact) mass is 302 g/mol. The highest BCUT2D eigenvalue weighted by molar-refractivity contribution is 6.00. The molecule has 3 aromatic carbocycles. The fraction of sp³-hybridized carbons (Fsp3) is 0. The van der Waals surface area contributed by atoms with E-state index in [0.29, 0.717) is 33.2 Å². The van der Waals surface area contributed by atoms with Crippen LogP contribution in [0.15, 0.2) is 71.5 Å². The number of hydrogen-bond donors (Lipinski definition) is 2. The van der Waals surface area contributed by atoms with E-state index in [-0.39, 0.29) is 11.2 Å². The number of phenolic OH excluding ortho intramolecular Hbond substituents is 1. The van der Waals surface area contributed by atoms with Crippen LogP contribution in [-0.4, -0.2) is 9.67 Å². The average Bonchev–Trinajstić information content (AvgIpc) is 2.57. The molecular formula is C19H14N2O2. The molecule has 0 bridgehead atoms. The molecule has 0 atom stereocenters. The van der Waals surface area contributed by atoms with Gasteiger partial charge in [0.25, 0.3) is 0 Å². The van der Waals surface area contributed by atoms with Crippen LogP contribution in [0.4, 0.5) is 5.69 Å². The van der Waals surface area contributed by atoms with Crippen molar-refractivity contribution in [2.75, 3.05) is 5.73 Å². The van der Waals surface area contributed by atoms with Crippen molar-refractivity contribution in [3.05, 3.63) is 77.0 Å². The third-order valence-corrected chi connectivity index (χ3v) is 4.05. The van der Waals surface area contributed by atoms with Gasteiger partial charge in [-0.3, -0.25) is 4.79 Å². The number of pyridine rings is 1. The van der Waals surface area contributed by atoms with E-state index in [1.807, 2.05) is 28.8 Å². The summed E-state index contributed by atoms with van der Waals surface area (Å²) >= 11 is 0. The molecule has 0 saturated carbocycles. The molecule has 0 unspecified atom stereocenters. The lowest BCUT2D eigenvalue weighted by Crippen LogP contribution is -2.11. The molecule has 23 heavy (non-hydrogen) atoms. The predicted molar refractivity (Wildman–Crippen MR) is 93.1 cm³/mol. The fourth-order valence-electron chi connectivity index (χ4n) is 3.02. The Balaban J connectivity index is 2.36. The molecule has 4 nitrogen and oxygen atoms in total. The summed E-state index contributed by atoms with van der Waals surface area (Å²) in [7, 11) is 0. The van der Waals surface area contributed by atoms with E-state index in [0.717, 1.165) is 0 Å². The van der Waals surface area contributed by atoms with Gasteiger partial charge in [-0.05, 0) is 36.4 Å². The van der Waals surface area contributed by atoms with Crippen molar-refractivity contribution in [1.29, 1.82) is 0 Å². The first-order valence-electron chi connectivity index (χ1n) is 7.29. The number of nitrogens with zero attached hydrogens (tertiary/aromatic N) is 1. The number of nitrogens with two attached hydrogens (primary N) is 1. The summed E-state index contributed by atoms with van der Waals surface area (Å²) in [6.07, 6.45) is 0. The third kappa shape index (κ3) is 1.89. The normalized spacial score (nSPS) is 11.1. The Morgan fingerprint density at radius 3 is 2.35 bits per heavy atom. The van der Waals surface area contributed by atoms with Crippen LogP contribution >= 0.6 is 0 Å². The molecule has 3 N–H and O–H groups in total. The number of benzene rings is 3. The second-order valence-electron chi connectivity index (χ2n) is 5.41. The Labute approximate surface area is 132 Å². The molecule has 0 aliphatic heterocycles. The van der Waals surface area contributed by atoms with Gasteiger partial charge in [-0.1, -0.05) is 30.3 Å². The number of aromatic nitrogens is 1. The van der Waals surface area contributed by atoms with E-state index in [1.54, 1.807) is 42.5 Å². The standard InChI is InChI=1S/C19H14N2O2/c20-14-8-5-7-13-18(14)21(16-10-3-4-11-17(16)22)15-9-2-1-6-12(15)19(13)23/h1-11,22H,20H2. The van der Waals surface area contributed by atoms with Gasteiger partial charge in [0.05, 0.1) is 22.4 Å². The van der Waals surface area contributed by atoms with Crippen molar-refractivity contribution in [2.45, 2.75) is 0 Å². The van der Waals surface area contributed by atoms with Gasteiger partial charge in [0, 0.05) is 10.8 Å². The highest BCUT2D eigenvalue weighted by Crippen LogP contribution is 2.31. The second kappa shape index (κ2) is 4.88. The van der Waals surface area contributed by atoms with Gasteiger partial charge in [0.15, 0.2) is 5.43 Å². The zero-order valence-corrected chi connectivity index (χ0v) is 12.2. The van der Waals surface area contributed by atoms with Crippen molar-refractivity contribution in [3.8, 4) is 11.4 Å².